The van der Waals surface area contributed by atoms with Crippen molar-refractivity contribution in [2.75, 3.05) is 31.6 Å². The third-order valence-electron chi connectivity index (χ3n) is 4.21. The van der Waals surface area contributed by atoms with Crippen LogP contribution in [0.4, 0.5) is 10.5 Å². The van der Waals surface area contributed by atoms with E-state index >= 15 is 0 Å². The Bertz CT molecular complexity index is 475. The molecule has 2 aliphatic heterocycles. The van der Waals surface area contributed by atoms with Crippen molar-refractivity contribution in [3.8, 4) is 0 Å². The highest BCUT2D eigenvalue weighted by atomic mass is 16.6. The molecule has 2 heterocycles. The number of anilines is 1. The van der Waals surface area contributed by atoms with Crippen molar-refractivity contribution >= 4 is 11.8 Å². The van der Waals surface area contributed by atoms with Crippen LogP contribution in [0.15, 0.2) is 24.3 Å². The number of rotatable bonds is 1. The van der Waals surface area contributed by atoms with Gasteiger partial charge >= 0.3 is 6.09 Å². The molecule has 4 nitrogen and oxygen atoms in total. The molecule has 0 radical (unpaired) electrons. The maximum absolute atomic E-state index is 12.1. The van der Waals surface area contributed by atoms with Gasteiger partial charge in [0.1, 0.15) is 5.60 Å². The van der Waals surface area contributed by atoms with E-state index in [-0.39, 0.29) is 11.7 Å². The maximum Gasteiger partial charge on any atom is 0.415 e. The molecule has 2 aliphatic rings. The fourth-order valence-electron chi connectivity index (χ4n) is 2.83. The van der Waals surface area contributed by atoms with Gasteiger partial charge in [-0.3, -0.25) is 4.90 Å². The number of nitrogens with zero attached hydrogens (tertiary/aromatic N) is 2. The monoisotopic (exact) mass is 260 g/mol. The Labute approximate surface area is 113 Å². The number of aryl methyl sites for hydroxylation is 1. The van der Waals surface area contributed by atoms with Crippen LogP contribution in [0, 0.1) is 6.92 Å². The van der Waals surface area contributed by atoms with E-state index in [0.29, 0.717) is 6.54 Å². The highest BCUT2D eigenvalue weighted by Crippen LogP contribution is 2.35. The molecule has 0 atom stereocenters. The number of likely N-dealkylation sites (tertiary alicyclic amines) is 1. The lowest BCUT2D eigenvalue weighted by Crippen LogP contribution is -2.45. The second kappa shape index (κ2) is 4.53. The fourth-order valence-corrected chi connectivity index (χ4v) is 2.83. The summed E-state index contributed by atoms with van der Waals surface area (Å²) in [5, 5.41) is 0. The number of carbonyl (C=O) groups is 1. The van der Waals surface area contributed by atoms with Crippen LogP contribution in [0.5, 0.6) is 0 Å². The predicted molar refractivity (Wildman–Crippen MR) is 74.5 cm³/mol. The number of piperidine rings is 1. The van der Waals surface area contributed by atoms with Gasteiger partial charge in [0.15, 0.2) is 0 Å². The molecule has 0 saturated carbocycles. The van der Waals surface area contributed by atoms with E-state index in [4.69, 9.17) is 4.74 Å². The van der Waals surface area contributed by atoms with Crippen LogP contribution in [0.25, 0.3) is 0 Å². The van der Waals surface area contributed by atoms with Crippen molar-refractivity contribution in [1.29, 1.82) is 0 Å². The van der Waals surface area contributed by atoms with Crippen molar-refractivity contribution in [2.24, 2.45) is 0 Å². The first kappa shape index (κ1) is 12.5. The molecule has 3 rings (SSSR count). The van der Waals surface area contributed by atoms with Crippen LogP contribution in [-0.4, -0.2) is 43.3 Å². The first-order chi connectivity index (χ1) is 9.08. The topological polar surface area (TPSA) is 32.8 Å². The first-order valence-electron chi connectivity index (χ1n) is 6.84. The van der Waals surface area contributed by atoms with Gasteiger partial charge in [-0.25, -0.2) is 4.79 Å². The van der Waals surface area contributed by atoms with Gasteiger partial charge in [0, 0.05) is 31.6 Å². The molecule has 1 spiro atoms. The van der Waals surface area contributed by atoms with Gasteiger partial charge in [0.2, 0.25) is 0 Å². The van der Waals surface area contributed by atoms with Gasteiger partial charge in [-0.05, 0) is 26.1 Å². The van der Waals surface area contributed by atoms with E-state index in [1.54, 1.807) is 4.90 Å². The molecule has 0 aliphatic carbocycles. The minimum atomic E-state index is -0.269. The van der Waals surface area contributed by atoms with E-state index in [1.165, 1.54) is 5.56 Å². The molecule has 2 fully saturated rings. The Morgan fingerprint density at radius 1 is 1.16 bits per heavy atom. The largest absolute Gasteiger partial charge is 0.441 e. The van der Waals surface area contributed by atoms with Crippen molar-refractivity contribution in [2.45, 2.75) is 25.4 Å². The molecule has 19 heavy (non-hydrogen) atoms. The Morgan fingerprint density at radius 2 is 1.79 bits per heavy atom. The smallest absolute Gasteiger partial charge is 0.415 e. The summed E-state index contributed by atoms with van der Waals surface area (Å²) in [6.07, 6.45) is 1.66. The van der Waals surface area contributed by atoms with Crippen molar-refractivity contribution in [3.05, 3.63) is 29.8 Å². The Hall–Kier alpha value is -1.55. The number of benzene rings is 1. The molecule has 0 unspecified atom stereocenters. The van der Waals surface area contributed by atoms with Crippen LogP contribution >= 0.6 is 0 Å². The number of carbonyl (C=O) groups excluding carboxylic acids is 1. The van der Waals surface area contributed by atoms with Gasteiger partial charge in [0.05, 0.1) is 6.54 Å². The van der Waals surface area contributed by atoms with Crippen LogP contribution in [0.2, 0.25) is 0 Å². The molecule has 1 aromatic carbocycles. The molecule has 102 valence electrons. The zero-order chi connectivity index (χ0) is 13.5. The van der Waals surface area contributed by atoms with Crippen LogP contribution in [0.3, 0.4) is 0 Å². The number of amides is 1. The Balaban J connectivity index is 1.78. The summed E-state index contributed by atoms with van der Waals surface area (Å²) in [7, 11) is 2.11. The lowest BCUT2D eigenvalue weighted by atomic mass is 9.91. The molecular weight excluding hydrogens is 240 g/mol. The van der Waals surface area contributed by atoms with Crippen LogP contribution < -0.4 is 4.90 Å². The highest BCUT2D eigenvalue weighted by molar-refractivity contribution is 5.90. The fraction of sp³-hybridized carbons (Fsp3) is 0.533. The number of hydrogen-bond donors (Lipinski definition) is 0. The minimum Gasteiger partial charge on any atom is -0.441 e. The number of ether oxygens (including phenoxy) is 1. The molecule has 0 aromatic heterocycles. The average Bonchev–Trinajstić information content (AvgIpc) is 2.72. The van der Waals surface area contributed by atoms with Crippen molar-refractivity contribution in [1.82, 2.24) is 4.90 Å². The zero-order valence-electron chi connectivity index (χ0n) is 11.6. The molecule has 1 aromatic rings. The summed E-state index contributed by atoms with van der Waals surface area (Å²) in [5.41, 5.74) is 1.87. The average molecular weight is 260 g/mol. The molecular formula is C15H20N2O2. The molecule has 2 saturated heterocycles. The summed E-state index contributed by atoms with van der Waals surface area (Å²) >= 11 is 0. The quantitative estimate of drug-likeness (QED) is 0.777. The van der Waals surface area contributed by atoms with Crippen molar-refractivity contribution < 1.29 is 9.53 Å². The van der Waals surface area contributed by atoms with Gasteiger partial charge < -0.3 is 9.64 Å². The summed E-state index contributed by atoms with van der Waals surface area (Å²) < 4.78 is 5.70. The van der Waals surface area contributed by atoms with Gasteiger partial charge in [0.25, 0.3) is 0 Å². The second-order valence-corrected chi connectivity index (χ2v) is 5.78. The minimum absolute atomic E-state index is 0.201. The number of hydrogen-bond acceptors (Lipinski definition) is 3. The molecule has 4 heteroatoms. The predicted octanol–water partition coefficient (Wildman–Crippen LogP) is 2.42. The SMILES string of the molecule is Cc1ccc(N2CC3(CCN(C)CC3)OC2=O)cc1. The normalized spacial score (nSPS) is 22.8. The van der Waals surface area contributed by atoms with Gasteiger partial charge in [-0.2, -0.15) is 0 Å². The summed E-state index contributed by atoms with van der Waals surface area (Å²) in [5.74, 6) is 0. The lowest BCUT2D eigenvalue weighted by Gasteiger charge is -2.35. The van der Waals surface area contributed by atoms with Gasteiger partial charge in [-0.15, -0.1) is 0 Å². The lowest BCUT2D eigenvalue weighted by molar-refractivity contribution is 0.00678. The summed E-state index contributed by atoms with van der Waals surface area (Å²) in [4.78, 5) is 16.2. The first-order valence-corrected chi connectivity index (χ1v) is 6.84. The van der Waals surface area contributed by atoms with Crippen LogP contribution in [0.1, 0.15) is 18.4 Å². The summed E-state index contributed by atoms with van der Waals surface area (Å²) in [6, 6.07) is 8.04. The maximum atomic E-state index is 12.1. The molecule has 0 N–H and O–H groups in total. The van der Waals surface area contributed by atoms with E-state index in [2.05, 4.69) is 11.9 Å². The molecule has 0 bridgehead atoms. The molecule has 1 amide bonds. The standard InChI is InChI=1S/C15H20N2O2/c1-12-3-5-13(6-4-12)17-11-15(19-14(17)18)7-9-16(2)10-8-15/h3-6H,7-11H2,1-2H3. The zero-order valence-corrected chi connectivity index (χ0v) is 11.6. The second-order valence-electron chi connectivity index (χ2n) is 5.78. The Kier molecular flexibility index (Phi) is 2.97. The van der Waals surface area contributed by atoms with Gasteiger partial charge in [-0.1, -0.05) is 17.7 Å². The summed E-state index contributed by atoms with van der Waals surface area (Å²) in [6.45, 7) is 4.72. The van der Waals surface area contributed by atoms with E-state index in [1.807, 2.05) is 31.2 Å². The van der Waals surface area contributed by atoms with E-state index < -0.39 is 0 Å². The van der Waals surface area contributed by atoms with E-state index in [9.17, 15) is 4.79 Å². The Morgan fingerprint density at radius 3 is 2.42 bits per heavy atom. The van der Waals surface area contributed by atoms with Crippen LogP contribution in [-0.2, 0) is 4.74 Å². The third-order valence-corrected chi connectivity index (χ3v) is 4.21. The third kappa shape index (κ3) is 2.32. The van der Waals surface area contributed by atoms with E-state index in [0.717, 1.165) is 31.6 Å². The van der Waals surface area contributed by atoms with Crippen molar-refractivity contribution in [3.63, 3.8) is 0 Å². The highest BCUT2D eigenvalue weighted by Gasteiger charge is 2.46.